The van der Waals surface area contributed by atoms with E-state index in [1.165, 1.54) is 0 Å². The Kier molecular flexibility index (Phi) is 18.5. The van der Waals surface area contributed by atoms with Crippen LogP contribution in [0.15, 0.2) is 28.7 Å². The Morgan fingerprint density at radius 2 is 1.42 bits per heavy atom. The number of nitrogens with one attached hydrogen (secondary N) is 4. The number of thiol groups is 1. The van der Waals surface area contributed by atoms with Crippen LogP contribution in [-0.4, -0.2) is 92.9 Å². The number of carbonyl (C=O) groups is 5. The van der Waals surface area contributed by atoms with E-state index in [2.05, 4.69) is 49.8 Å². The highest BCUT2D eigenvalue weighted by Crippen LogP contribution is 2.24. The summed E-state index contributed by atoms with van der Waals surface area (Å²) in [5.41, 5.74) is -0.900. The predicted octanol–water partition coefficient (Wildman–Crippen LogP) is -0.380. The Labute approximate surface area is 304 Å². The lowest BCUT2D eigenvalue weighted by atomic mass is 10.1. The molecule has 0 unspecified atom stereocenters. The average Bonchev–Trinajstić information content (AvgIpc) is 3.04. The maximum Gasteiger partial charge on any atom is 0.408 e. The van der Waals surface area contributed by atoms with Crippen LogP contribution < -0.4 is 33.7 Å². The minimum absolute atomic E-state index is 0. The number of esters is 1. The van der Waals surface area contributed by atoms with E-state index >= 15 is 0 Å². The second-order valence-corrected chi connectivity index (χ2v) is 12.7. The van der Waals surface area contributed by atoms with Gasteiger partial charge < -0.3 is 47.6 Å². The minimum atomic E-state index is -2.41. The predicted molar refractivity (Wildman–Crippen MR) is 171 cm³/mol. The first-order valence-electron chi connectivity index (χ1n) is 14.5. The summed E-state index contributed by atoms with van der Waals surface area (Å²) in [7, 11) is 5.81. The summed E-state index contributed by atoms with van der Waals surface area (Å²) in [6.45, 7) is -1.06. The summed E-state index contributed by atoms with van der Waals surface area (Å²) >= 11 is 7.32. The molecule has 0 saturated carbocycles. The highest BCUT2D eigenvalue weighted by atomic mass is 79.9. The zero-order valence-corrected chi connectivity index (χ0v) is 30.3. The standard InChI is InChI=1S/C30H35BrF5N5O7S.ClH/c1-41(2,3)11-10-37-22(43)12-38-28(44)20(15-49)39-21(42)9-8-19(40-30(46)48-13-16-6-4-5-7-18(16)31)29(45)47-14-17-23(32)25(34)27(36)26(35)24(17)33;/h4-7,19-20H,8-15H2,1-3H3,(H4-,37,38,39,40,42,43,44,46,49);1H/t19-,20-;/m0./s1. The van der Waals surface area contributed by atoms with E-state index in [9.17, 15) is 45.9 Å². The van der Waals surface area contributed by atoms with Gasteiger partial charge >= 0.3 is 12.1 Å². The molecular weight excluding hydrogens is 785 g/mol. The molecule has 0 aliphatic heterocycles. The highest BCUT2D eigenvalue weighted by molar-refractivity contribution is 9.10. The Bertz CT molecular complexity index is 1510. The lowest BCUT2D eigenvalue weighted by Gasteiger charge is -2.23. The van der Waals surface area contributed by atoms with Gasteiger partial charge in [-0.1, -0.05) is 34.1 Å². The van der Waals surface area contributed by atoms with Crippen molar-refractivity contribution >= 4 is 58.3 Å². The number of likely N-dealkylation sites (N-methyl/N-ethyl adjacent to an activating group) is 1. The van der Waals surface area contributed by atoms with Crippen LogP contribution in [0.2, 0.25) is 0 Å². The van der Waals surface area contributed by atoms with Gasteiger partial charge in [-0.3, -0.25) is 14.4 Å². The fourth-order valence-electron chi connectivity index (χ4n) is 3.83. The number of carbonyl (C=O) groups excluding carboxylic acids is 5. The van der Waals surface area contributed by atoms with Crippen LogP contribution in [0.3, 0.4) is 0 Å². The molecule has 0 heterocycles. The lowest BCUT2D eigenvalue weighted by Crippen LogP contribution is -3.00. The van der Waals surface area contributed by atoms with E-state index in [0.717, 1.165) is 0 Å². The van der Waals surface area contributed by atoms with Gasteiger partial charge in [-0.15, -0.1) is 0 Å². The Balaban J connectivity index is 0.0000125. The van der Waals surface area contributed by atoms with Gasteiger partial charge in [0.2, 0.25) is 23.5 Å². The van der Waals surface area contributed by atoms with Gasteiger partial charge in [-0.2, -0.15) is 12.6 Å². The summed E-state index contributed by atoms with van der Waals surface area (Å²) in [6, 6.07) is 3.75. The second-order valence-electron chi connectivity index (χ2n) is 11.4. The van der Waals surface area contributed by atoms with E-state index < -0.39 is 96.0 Å². The molecule has 0 fully saturated rings. The van der Waals surface area contributed by atoms with E-state index in [-0.39, 0.29) is 31.3 Å². The van der Waals surface area contributed by atoms with Gasteiger partial charge in [0.05, 0.1) is 46.3 Å². The Morgan fingerprint density at radius 3 is 2.00 bits per heavy atom. The molecule has 0 radical (unpaired) electrons. The monoisotopic (exact) mass is 819 g/mol. The number of quaternary nitrogens is 1. The molecule has 0 aliphatic carbocycles. The molecule has 20 heteroatoms. The molecule has 2 atom stereocenters. The maximum atomic E-state index is 14.1. The molecule has 2 aromatic rings. The van der Waals surface area contributed by atoms with Crippen LogP contribution in [0, 0.1) is 29.1 Å². The number of benzene rings is 2. The first-order valence-corrected chi connectivity index (χ1v) is 16.0. The van der Waals surface area contributed by atoms with Crippen molar-refractivity contribution in [3.63, 3.8) is 0 Å². The molecule has 0 aromatic heterocycles. The minimum Gasteiger partial charge on any atom is -1.00 e. The molecule has 12 nitrogen and oxygen atoms in total. The summed E-state index contributed by atoms with van der Waals surface area (Å²) in [5, 5.41) is 9.52. The van der Waals surface area contributed by atoms with Crippen molar-refractivity contribution in [2.24, 2.45) is 0 Å². The molecule has 0 saturated heterocycles. The summed E-state index contributed by atoms with van der Waals surface area (Å²) in [4.78, 5) is 62.7. The number of amides is 4. The van der Waals surface area contributed by atoms with E-state index in [1.54, 1.807) is 24.3 Å². The summed E-state index contributed by atoms with van der Waals surface area (Å²) in [5.74, 6) is -15.0. The number of nitrogens with zero attached hydrogens (tertiary/aromatic N) is 1. The number of hydrogen-bond acceptors (Lipinski definition) is 8. The smallest absolute Gasteiger partial charge is 0.408 e. The zero-order valence-electron chi connectivity index (χ0n) is 27.0. The first-order chi connectivity index (χ1) is 22.9. The first kappa shape index (κ1) is 44.3. The van der Waals surface area contributed by atoms with Crippen LogP contribution in [0.5, 0.6) is 0 Å². The molecule has 4 N–H and O–H groups in total. The van der Waals surface area contributed by atoms with Crippen molar-refractivity contribution in [3.8, 4) is 0 Å². The number of ether oxygens (including phenoxy) is 2. The lowest BCUT2D eigenvalue weighted by molar-refractivity contribution is -0.869. The molecule has 2 aromatic carbocycles. The van der Waals surface area contributed by atoms with Crippen molar-refractivity contribution < 1.29 is 72.3 Å². The number of rotatable bonds is 17. The molecule has 0 bridgehead atoms. The second kappa shape index (κ2) is 20.9. The highest BCUT2D eigenvalue weighted by Gasteiger charge is 2.29. The normalized spacial score (nSPS) is 12.1. The van der Waals surface area contributed by atoms with Gasteiger partial charge in [0.15, 0.2) is 23.3 Å². The van der Waals surface area contributed by atoms with Gasteiger partial charge in [0.25, 0.3) is 0 Å². The van der Waals surface area contributed by atoms with E-state index in [0.29, 0.717) is 27.6 Å². The molecule has 50 heavy (non-hydrogen) atoms. The van der Waals surface area contributed by atoms with Gasteiger partial charge in [0.1, 0.15) is 25.3 Å². The van der Waals surface area contributed by atoms with Gasteiger partial charge in [-0.25, -0.2) is 31.5 Å². The number of alkyl carbamates (subject to hydrolysis) is 1. The Morgan fingerprint density at radius 1 is 0.820 bits per heavy atom. The molecule has 4 amide bonds. The SMILES string of the molecule is C[N+](C)(C)CCNC(=O)CNC(=O)[C@H](CS)NC(=O)CC[C@H](NC(=O)OCc1ccccc1Br)C(=O)OCc1c(F)c(F)c(F)c(F)c1F.[Cl-]. The van der Waals surface area contributed by atoms with Crippen LogP contribution in [0.1, 0.15) is 24.0 Å². The topological polar surface area (TPSA) is 152 Å². The molecule has 278 valence electrons. The third-order valence-corrected chi connectivity index (χ3v) is 7.71. The molecule has 0 spiro atoms. The maximum absolute atomic E-state index is 14.1. The fourth-order valence-corrected chi connectivity index (χ4v) is 4.49. The number of hydrogen-bond donors (Lipinski definition) is 5. The quantitative estimate of drug-likeness (QED) is 0.0365. The molecule has 0 aliphatic rings. The van der Waals surface area contributed by atoms with Crippen molar-refractivity contribution in [1.29, 1.82) is 0 Å². The Hall–Kier alpha value is -3.68. The average molecular weight is 821 g/mol. The summed E-state index contributed by atoms with van der Waals surface area (Å²) < 4.78 is 79.9. The molecule has 2 rings (SSSR count). The number of halogens is 7. The largest absolute Gasteiger partial charge is 1.00 e. The van der Waals surface area contributed by atoms with Crippen molar-refractivity contribution in [1.82, 2.24) is 21.3 Å². The van der Waals surface area contributed by atoms with Crippen LogP contribution in [-0.2, 0) is 41.9 Å². The van der Waals surface area contributed by atoms with Crippen molar-refractivity contribution in [2.45, 2.75) is 38.1 Å². The molecular formula is C30H36BrClF5N5O7S. The van der Waals surface area contributed by atoms with Crippen LogP contribution in [0.25, 0.3) is 0 Å². The fraction of sp³-hybridized carbons (Fsp3) is 0.433. The van der Waals surface area contributed by atoms with Gasteiger partial charge in [-0.05, 0) is 12.5 Å². The zero-order chi connectivity index (χ0) is 36.9. The van der Waals surface area contributed by atoms with E-state index in [1.807, 2.05) is 21.1 Å². The van der Waals surface area contributed by atoms with Crippen molar-refractivity contribution in [2.75, 3.05) is 46.5 Å². The van der Waals surface area contributed by atoms with Crippen LogP contribution in [0.4, 0.5) is 26.7 Å². The van der Waals surface area contributed by atoms with E-state index in [4.69, 9.17) is 9.47 Å². The van der Waals surface area contributed by atoms with Crippen molar-refractivity contribution in [3.05, 3.63) is 69.0 Å². The van der Waals surface area contributed by atoms with Crippen LogP contribution >= 0.6 is 28.6 Å². The summed E-state index contributed by atoms with van der Waals surface area (Å²) in [6.07, 6.45) is -2.25. The third kappa shape index (κ3) is 14.3. The third-order valence-electron chi connectivity index (χ3n) is 6.58. The van der Waals surface area contributed by atoms with Gasteiger partial charge in [0, 0.05) is 22.2 Å².